The van der Waals surface area contributed by atoms with Crippen LogP contribution in [0, 0.1) is 5.82 Å². The third-order valence-corrected chi connectivity index (χ3v) is 2.55. The van der Waals surface area contributed by atoms with E-state index in [4.69, 9.17) is 10.2 Å². The van der Waals surface area contributed by atoms with Gasteiger partial charge in [-0.25, -0.2) is 4.39 Å². The van der Waals surface area contributed by atoms with Gasteiger partial charge in [0.05, 0.1) is 18.8 Å². The molecule has 0 aromatic heterocycles. The van der Waals surface area contributed by atoms with Gasteiger partial charge in [-0.05, 0) is 18.2 Å². The third kappa shape index (κ3) is 3.91. The van der Waals surface area contributed by atoms with Crippen LogP contribution in [0.5, 0.6) is 0 Å². The van der Waals surface area contributed by atoms with Crippen LogP contribution >= 0.6 is 0 Å². The van der Waals surface area contributed by atoms with Gasteiger partial charge in [0.15, 0.2) is 0 Å². The van der Waals surface area contributed by atoms with Crippen molar-refractivity contribution in [3.8, 4) is 0 Å². The molecular formula is C12H13F4NO3. The molecule has 1 amide bonds. The van der Waals surface area contributed by atoms with Gasteiger partial charge in [0.2, 0.25) is 0 Å². The maximum absolute atomic E-state index is 13.1. The monoisotopic (exact) mass is 295 g/mol. The van der Waals surface area contributed by atoms with Crippen LogP contribution < -0.4 is 0 Å². The number of carbonyl (C=O) groups excluding carboxylic acids is 1. The Kier molecular flexibility index (Phi) is 5.46. The van der Waals surface area contributed by atoms with E-state index in [0.717, 1.165) is 11.0 Å². The van der Waals surface area contributed by atoms with Crippen LogP contribution in [0.2, 0.25) is 0 Å². The first kappa shape index (κ1) is 16.4. The summed E-state index contributed by atoms with van der Waals surface area (Å²) in [4.78, 5) is 12.9. The van der Waals surface area contributed by atoms with Crippen molar-refractivity contribution in [2.24, 2.45) is 0 Å². The number of alkyl halides is 3. The highest BCUT2D eigenvalue weighted by Gasteiger charge is 2.35. The van der Waals surface area contributed by atoms with Crippen LogP contribution in [-0.4, -0.2) is 47.3 Å². The lowest BCUT2D eigenvalue weighted by molar-refractivity contribution is -0.140. The van der Waals surface area contributed by atoms with E-state index >= 15 is 0 Å². The van der Waals surface area contributed by atoms with E-state index in [1.165, 1.54) is 0 Å². The first-order valence-electron chi connectivity index (χ1n) is 5.69. The lowest BCUT2D eigenvalue weighted by atomic mass is 10.1. The van der Waals surface area contributed by atoms with Crippen LogP contribution in [0.4, 0.5) is 17.6 Å². The first-order valence-corrected chi connectivity index (χ1v) is 5.69. The van der Waals surface area contributed by atoms with Crippen LogP contribution in [0.1, 0.15) is 15.9 Å². The summed E-state index contributed by atoms with van der Waals surface area (Å²) in [5.74, 6) is -2.29. The molecule has 0 bridgehead atoms. The van der Waals surface area contributed by atoms with E-state index in [2.05, 4.69) is 0 Å². The molecule has 2 N–H and O–H groups in total. The second-order valence-corrected chi connectivity index (χ2v) is 3.93. The van der Waals surface area contributed by atoms with Crippen molar-refractivity contribution < 1.29 is 32.6 Å². The zero-order chi connectivity index (χ0) is 15.3. The minimum absolute atomic E-state index is 0.141. The summed E-state index contributed by atoms with van der Waals surface area (Å²) in [7, 11) is 0. The lowest BCUT2D eigenvalue weighted by Gasteiger charge is -2.21. The first-order chi connectivity index (χ1) is 9.31. The van der Waals surface area contributed by atoms with Gasteiger partial charge >= 0.3 is 6.18 Å². The van der Waals surface area contributed by atoms with E-state index in [0.29, 0.717) is 12.1 Å². The largest absolute Gasteiger partial charge is 0.419 e. The number of aliphatic hydroxyl groups excluding tert-OH is 2. The van der Waals surface area contributed by atoms with Crippen LogP contribution in [0.15, 0.2) is 18.2 Å². The predicted molar refractivity (Wildman–Crippen MR) is 61.5 cm³/mol. The molecule has 0 saturated carbocycles. The van der Waals surface area contributed by atoms with Gasteiger partial charge in [-0.3, -0.25) is 4.79 Å². The Hall–Kier alpha value is -1.67. The summed E-state index contributed by atoms with van der Waals surface area (Å²) >= 11 is 0. The molecule has 0 aliphatic rings. The molecule has 0 aliphatic heterocycles. The Morgan fingerprint density at radius 2 is 1.70 bits per heavy atom. The van der Waals surface area contributed by atoms with Gasteiger partial charge in [-0.2, -0.15) is 13.2 Å². The van der Waals surface area contributed by atoms with Crippen molar-refractivity contribution in [3.63, 3.8) is 0 Å². The van der Waals surface area contributed by atoms with Gasteiger partial charge < -0.3 is 15.1 Å². The van der Waals surface area contributed by atoms with Crippen molar-refractivity contribution in [1.29, 1.82) is 0 Å². The summed E-state index contributed by atoms with van der Waals surface area (Å²) < 4.78 is 50.7. The molecular weight excluding hydrogens is 282 g/mol. The van der Waals surface area contributed by atoms with Crippen molar-refractivity contribution in [3.05, 3.63) is 35.1 Å². The topological polar surface area (TPSA) is 60.8 Å². The fourth-order valence-electron chi connectivity index (χ4n) is 1.61. The average Bonchev–Trinajstić information content (AvgIpc) is 2.37. The third-order valence-electron chi connectivity index (χ3n) is 2.55. The van der Waals surface area contributed by atoms with Gasteiger partial charge in [-0.15, -0.1) is 0 Å². The van der Waals surface area contributed by atoms with E-state index in [1.54, 1.807) is 0 Å². The minimum atomic E-state index is -4.90. The number of aliphatic hydroxyl groups is 2. The highest BCUT2D eigenvalue weighted by atomic mass is 19.4. The Morgan fingerprint density at radius 3 is 2.15 bits per heavy atom. The minimum Gasteiger partial charge on any atom is -0.395 e. The number of hydrogen-bond acceptors (Lipinski definition) is 3. The fourth-order valence-corrected chi connectivity index (χ4v) is 1.61. The number of amides is 1. The molecule has 0 fully saturated rings. The Labute approximate surface area is 112 Å². The molecule has 0 heterocycles. The smallest absolute Gasteiger partial charge is 0.395 e. The molecule has 20 heavy (non-hydrogen) atoms. The van der Waals surface area contributed by atoms with Gasteiger partial charge in [0.1, 0.15) is 5.82 Å². The molecule has 0 aliphatic carbocycles. The van der Waals surface area contributed by atoms with Crippen molar-refractivity contribution in [2.45, 2.75) is 6.18 Å². The molecule has 0 saturated heterocycles. The molecule has 4 nitrogen and oxygen atoms in total. The number of halogens is 4. The molecule has 112 valence electrons. The van der Waals surface area contributed by atoms with Crippen LogP contribution in [0.3, 0.4) is 0 Å². The summed E-state index contributed by atoms with van der Waals surface area (Å²) in [6.07, 6.45) is -4.90. The highest BCUT2D eigenvalue weighted by molar-refractivity contribution is 5.94. The van der Waals surface area contributed by atoms with E-state index in [9.17, 15) is 22.4 Å². The molecule has 8 heteroatoms. The van der Waals surface area contributed by atoms with E-state index < -0.39 is 36.7 Å². The van der Waals surface area contributed by atoms with Crippen LogP contribution in [-0.2, 0) is 6.18 Å². The molecule has 1 rings (SSSR count). The van der Waals surface area contributed by atoms with E-state index in [1.807, 2.05) is 0 Å². The summed E-state index contributed by atoms with van der Waals surface area (Å²) in [6.45, 7) is -1.09. The van der Waals surface area contributed by atoms with Gasteiger partial charge in [0.25, 0.3) is 5.91 Å². The second kappa shape index (κ2) is 6.67. The van der Waals surface area contributed by atoms with Gasteiger partial charge in [-0.1, -0.05) is 0 Å². The van der Waals surface area contributed by atoms with Crippen molar-refractivity contribution >= 4 is 5.91 Å². The highest BCUT2D eigenvalue weighted by Crippen LogP contribution is 2.32. The fraction of sp³-hybridized carbons (Fsp3) is 0.417. The summed E-state index contributed by atoms with van der Waals surface area (Å²) in [5.41, 5.74) is -1.89. The average molecular weight is 295 g/mol. The Morgan fingerprint density at radius 1 is 1.15 bits per heavy atom. The number of nitrogens with zero attached hydrogens (tertiary/aromatic N) is 1. The molecule has 0 atom stereocenters. The molecule has 1 aromatic rings. The molecule has 0 spiro atoms. The van der Waals surface area contributed by atoms with Crippen LogP contribution in [0.25, 0.3) is 0 Å². The molecule has 0 unspecified atom stereocenters. The number of hydrogen-bond donors (Lipinski definition) is 2. The lowest BCUT2D eigenvalue weighted by Crippen LogP contribution is -2.36. The molecule has 1 aromatic carbocycles. The normalized spacial score (nSPS) is 11.5. The SMILES string of the molecule is O=C(c1ccc(F)c(C(F)(F)F)c1)N(CCO)CCO. The maximum Gasteiger partial charge on any atom is 0.419 e. The summed E-state index contributed by atoms with van der Waals surface area (Å²) in [6, 6.07) is 1.90. The van der Waals surface area contributed by atoms with Gasteiger partial charge in [0, 0.05) is 18.7 Å². The Balaban J connectivity index is 3.10. The number of benzene rings is 1. The zero-order valence-electron chi connectivity index (χ0n) is 10.3. The van der Waals surface area contributed by atoms with Crippen molar-refractivity contribution in [2.75, 3.05) is 26.3 Å². The number of rotatable bonds is 5. The predicted octanol–water partition coefficient (Wildman–Crippen LogP) is 1.27. The zero-order valence-corrected chi connectivity index (χ0v) is 10.3. The standard InChI is InChI=1S/C12H13F4NO3/c13-10-2-1-8(7-9(10)12(14,15)16)11(20)17(3-5-18)4-6-19/h1-2,7,18-19H,3-6H2. The maximum atomic E-state index is 13.1. The Bertz CT molecular complexity index is 470. The second-order valence-electron chi connectivity index (χ2n) is 3.93. The number of carbonyl (C=O) groups is 1. The molecule has 0 radical (unpaired) electrons. The summed E-state index contributed by atoms with van der Waals surface area (Å²) in [5, 5.41) is 17.5. The van der Waals surface area contributed by atoms with E-state index in [-0.39, 0.29) is 18.7 Å². The quantitative estimate of drug-likeness (QED) is 0.804. The van der Waals surface area contributed by atoms with Crippen molar-refractivity contribution in [1.82, 2.24) is 4.90 Å².